The normalized spacial score (nSPS) is 10.2. The molecule has 2 N–H and O–H groups in total. The zero-order chi connectivity index (χ0) is 21.5. The van der Waals surface area contributed by atoms with Crippen LogP contribution >= 0.6 is 27.5 Å². The highest BCUT2D eigenvalue weighted by atomic mass is 79.9. The number of benzene rings is 3. The minimum absolute atomic E-state index is 0.140. The molecule has 8 heteroatoms. The van der Waals surface area contributed by atoms with Gasteiger partial charge >= 0.3 is 5.97 Å². The Balaban J connectivity index is 1.62. The number of halogens is 2. The number of para-hydroxylation sites is 1. The van der Waals surface area contributed by atoms with E-state index >= 15 is 0 Å². The molecule has 30 heavy (non-hydrogen) atoms. The standard InChI is InChI=1S/C22H16BrClN2O4/c23-17-11-10-15(12-18(17)24)25-20(27)13-30-22(29)16-8-4-5-9-19(16)26-21(28)14-6-2-1-3-7-14/h1-12H,13H2,(H,25,27)(H,26,28). The van der Waals surface area contributed by atoms with Crippen LogP contribution in [0.15, 0.2) is 77.3 Å². The van der Waals surface area contributed by atoms with Crippen LogP contribution in [0.5, 0.6) is 0 Å². The monoisotopic (exact) mass is 486 g/mol. The van der Waals surface area contributed by atoms with Crippen LogP contribution in [-0.2, 0) is 9.53 Å². The van der Waals surface area contributed by atoms with Gasteiger partial charge in [-0.25, -0.2) is 4.79 Å². The molecule has 6 nitrogen and oxygen atoms in total. The Morgan fingerprint density at radius 2 is 1.60 bits per heavy atom. The fraction of sp³-hybridized carbons (Fsp3) is 0.0455. The van der Waals surface area contributed by atoms with Gasteiger partial charge in [0.2, 0.25) is 0 Å². The van der Waals surface area contributed by atoms with Crippen molar-refractivity contribution in [2.24, 2.45) is 0 Å². The zero-order valence-corrected chi connectivity index (χ0v) is 17.9. The van der Waals surface area contributed by atoms with Crippen molar-refractivity contribution in [3.05, 3.63) is 93.4 Å². The molecule has 0 fully saturated rings. The average molecular weight is 488 g/mol. The predicted octanol–water partition coefficient (Wildman–Crippen LogP) is 5.15. The molecule has 0 unspecified atom stereocenters. The summed E-state index contributed by atoms with van der Waals surface area (Å²) in [5.74, 6) is -1.61. The fourth-order valence-electron chi connectivity index (χ4n) is 2.53. The third-order valence-electron chi connectivity index (χ3n) is 3.97. The Morgan fingerprint density at radius 1 is 0.900 bits per heavy atom. The van der Waals surface area contributed by atoms with Crippen molar-refractivity contribution in [2.75, 3.05) is 17.2 Å². The number of amides is 2. The van der Waals surface area contributed by atoms with E-state index in [1.807, 2.05) is 0 Å². The van der Waals surface area contributed by atoms with E-state index in [0.29, 0.717) is 20.7 Å². The Labute approximate surface area is 186 Å². The first-order valence-corrected chi connectivity index (χ1v) is 9.98. The van der Waals surface area contributed by atoms with Gasteiger partial charge in [0.15, 0.2) is 6.61 Å². The minimum atomic E-state index is -0.733. The number of rotatable bonds is 6. The second-order valence-electron chi connectivity index (χ2n) is 6.12. The molecule has 0 heterocycles. The number of carbonyl (C=O) groups excluding carboxylic acids is 3. The van der Waals surface area contributed by atoms with Crippen LogP contribution in [0.4, 0.5) is 11.4 Å². The topological polar surface area (TPSA) is 84.5 Å². The first-order chi connectivity index (χ1) is 14.4. The van der Waals surface area contributed by atoms with E-state index in [0.717, 1.165) is 0 Å². The van der Waals surface area contributed by atoms with Crippen LogP contribution < -0.4 is 10.6 Å². The van der Waals surface area contributed by atoms with E-state index in [1.165, 1.54) is 6.07 Å². The molecule has 0 aliphatic carbocycles. The molecule has 0 aliphatic heterocycles. The Hall–Kier alpha value is -3.16. The molecule has 0 spiro atoms. The number of hydrogen-bond donors (Lipinski definition) is 2. The summed E-state index contributed by atoms with van der Waals surface area (Å²) in [6, 6.07) is 19.9. The average Bonchev–Trinajstić information content (AvgIpc) is 2.75. The molecule has 0 atom stereocenters. The van der Waals surface area contributed by atoms with Gasteiger partial charge in [-0.2, -0.15) is 0 Å². The van der Waals surface area contributed by atoms with Crippen LogP contribution in [0.1, 0.15) is 20.7 Å². The molecule has 3 rings (SSSR count). The molecule has 0 saturated carbocycles. The molecule has 0 saturated heterocycles. The van der Waals surface area contributed by atoms with Crippen molar-refractivity contribution < 1.29 is 19.1 Å². The molecule has 2 amide bonds. The lowest BCUT2D eigenvalue weighted by molar-refractivity contribution is -0.119. The van der Waals surface area contributed by atoms with Gasteiger partial charge < -0.3 is 15.4 Å². The smallest absolute Gasteiger partial charge is 0.340 e. The highest BCUT2D eigenvalue weighted by Crippen LogP contribution is 2.25. The lowest BCUT2D eigenvalue weighted by atomic mass is 10.1. The minimum Gasteiger partial charge on any atom is -0.452 e. The summed E-state index contributed by atoms with van der Waals surface area (Å²) in [4.78, 5) is 36.9. The van der Waals surface area contributed by atoms with E-state index in [9.17, 15) is 14.4 Å². The van der Waals surface area contributed by atoms with E-state index in [-0.39, 0.29) is 17.2 Å². The van der Waals surface area contributed by atoms with Gasteiger partial charge in [-0.15, -0.1) is 0 Å². The predicted molar refractivity (Wildman–Crippen MR) is 119 cm³/mol. The third kappa shape index (κ3) is 5.68. The highest BCUT2D eigenvalue weighted by Gasteiger charge is 2.16. The van der Waals surface area contributed by atoms with Crippen LogP contribution in [0.2, 0.25) is 5.02 Å². The highest BCUT2D eigenvalue weighted by molar-refractivity contribution is 9.10. The number of esters is 1. The van der Waals surface area contributed by atoms with Crippen LogP contribution in [0, 0.1) is 0 Å². The van der Waals surface area contributed by atoms with E-state index in [1.54, 1.807) is 66.7 Å². The van der Waals surface area contributed by atoms with Gasteiger partial charge in [0, 0.05) is 15.7 Å². The third-order valence-corrected chi connectivity index (χ3v) is 5.20. The first kappa shape index (κ1) is 21.5. The van der Waals surface area contributed by atoms with E-state index in [2.05, 4.69) is 26.6 Å². The van der Waals surface area contributed by atoms with Gasteiger partial charge in [-0.1, -0.05) is 41.9 Å². The summed E-state index contributed by atoms with van der Waals surface area (Å²) in [6.45, 7) is -0.493. The maximum Gasteiger partial charge on any atom is 0.340 e. The van der Waals surface area contributed by atoms with Gasteiger partial charge in [0.1, 0.15) is 0 Å². The van der Waals surface area contributed by atoms with Gasteiger partial charge in [-0.05, 0) is 58.4 Å². The zero-order valence-electron chi connectivity index (χ0n) is 15.5. The fourth-order valence-corrected chi connectivity index (χ4v) is 2.96. The SMILES string of the molecule is O=C(COC(=O)c1ccccc1NC(=O)c1ccccc1)Nc1ccc(Br)c(Cl)c1. The van der Waals surface area contributed by atoms with Gasteiger partial charge in [0.05, 0.1) is 16.3 Å². The van der Waals surface area contributed by atoms with Crippen LogP contribution in [-0.4, -0.2) is 24.4 Å². The lowest BCUT2D eigenvalue weighted by Crippen LogP contribution is -2.22. The van der Waals surface area contributed by atoms with Gasteiger partial charge in [-0.3, -0.25) is 9.59 Å². The number of carbonyl (C=O) groups is 3. The maximum absolute atomic E-state index is 12.5. The summed E-state index contributed by atoms with van der Waals surface area (Å²) in [5.41, 5.74) is 1.35. The summed E-state index contributed by atoms with van der Waals surface area (Å²) < 4.78 is 5.80. The summed E-state index contributed by atoms with van der Waals surface area (Å²) >= 11 is 9.26. The van der Waals surface area contributed by atoms with Gasteiger partial charge in [0.25, 0.3) is 11.8 Å². The van der Waals surface area contributed by atoms with E-state index in [4.69, 9.17) is 16.3 Å². The number of nitrogens with one attached hydrogen (secondary N) is 2. The number of ether oxygens (including phenoxy) is 1. The number of hydrogen-bond acceptors (Lipinski definition) is 4. The Bertz CT molecular complexity index is 1090. The molecule has 0 bridgehead atoms. The van der Waals surface area contributed by atoms with Crippen molar-refractivity contribution in [3.8, 4) is 0 Å². The summed E-state index contributed by atoms with van der Waals surface area (Å²) in [6.07, 6.45) is 0. The first-order valence-electron chi connectivity index (χ1n) is 8.81. The maximum atomic E-state index is 12.5. The van der Waals surface area contributed by atoms with E-state index < -0.39 is 18.5 Å². The lowest BCUT2D eigenvalue weighted by Gasteiger charge is -2.11. The molecule has 0 radical (unpaired) electrons. The Kier molecular flexibility index (Phi) is 7.21. The van der Waals surface area contributed by atoms with Crippen molar-refractivity contribution >= 4 is 56.7 Å². The van der Waals surface area contributed by atoms with Crippen molar-refractivity contribution in [3.63, 3.8) is 0 Å². The molecule has 152 valence electrons. The number of anilines is 2. The molecular weight excluding hydrogens is 472 g/mol. The molecule has 0 aliphatic rings. The van der Waals surface area contributed by atoms with Crippen molar-refractivity contribution in [1.29, 1.82) is 0 Å². The quantitative estimate of drug-likeness (QED) is 0.471. The van der Waals surface area contributed by atoms with Crippen molar-refractivity contribution in [2.45, 2.75) is 0 Å². The largest absolute Gasteiger partial charge is 0.452 e. The second kappa shape index (κ2) is 10.0. The second-order valence-corrected chi connectivity index (χ2v) is 7.38. The van der Waals surface area contributed by atoms with Crippen LogP contribution in [0.3, 0.4) is 0 Å². The summed E-state index contributed by atoms with van der Waals surface area (Å²) in [7, 11) is 0. The summed E-state index contributed by atoms with van der Waals surface area (Å²) in [5, 5.41) is 5.72. The molecule has 3 aromatic carbocycles. The molecule has 3 aromatic rings. The van der Waals surface area contributed by atoms with Crippen LogP contribution in [0.25, 0.3) is 0 Å². The Morgan fingerprint density at radius 3 is 2.33 bits per heavy atom. The van der Waals surface area contributed by atoms with Crippen molar-refractivity contribution in [1.82, 2.24) is 0 Å². The molecular formula is C22H16BrClN2O4. The molecule has 0 aromatic heterocycles.